The van der Waals surface area contributed by atoms with Gasteiger partial charge in [0.15, 0.2) is 0 Å². The Kier molecular flexibility index (Phi) is 8.06. The quantitative estimate of drug-likeness (QED) is 0.644. The van der Waals surface area contributed by atoms with Gasteiger partial charge in [0.25, 0.3) is 0 Å². The van der Waals surface area contributed by atoms with Gasteiger partial charge in [0.05, 0.1) is 12.3 Å². The largest absolute Gasteiger partial charge is 0.359 e. The summed E-state index contributed by atoms with van der Waals surface area (Å²) in [6.45, 7) is 12.4. The minimum Gasteiger partial charge on any atom is -0.359 e. The first-order valence-electron chi connectivity index (χ1n) is 13.3. The maximum absolute atomic E-state index is 14.9. The highest BCUT2D eigenvalue weighted by molar-refractivity contribution is 5.82. The highest BCUT2D eigenvalue weighted by Gasteiger charge is 2.46. The van der Waals surface area contributed by atoms with E-state index in [2.05, 4.69) is 54.7 Å². The number of benzene rings is 1. The number of nitrogens with one attached hydrogen (secondary N) is 1. The molecule has 2 fully saturated rings. The molecule has 4 rings (SSSR count). The number of nitrogens with zero attached hydrogens (tertiary/aromatic N) is 4. The van der Waals surface area contributed by atoms with Crippen LogP contribution in [0.4, 0.5) is 14.6 Å². The van der Waals surface area contributed by atoms with Gasteiger partial charge in [-0.25, -0.2) is 13.8 Å². The molecule has 0 radical (unpaired) electrons. The van der Waals surface area contributed by atoms with E-state index >= 15 is 0 Å². The third kappa shape index (κ3) is 5.67. The van der Waals surface area contributed by atoms with E-state index in [-0.39, 0.29) is 41.8 Å². The van der Waals surface area contributed by atoms with Gasteiger partial charge in [-0.15, -0.1) is 0 Å². The Labute approximate surface area is 224 Å². The van der Waals surface area contributed by atoms with E-state index < -0.39 is 17.6 Å². The van der Waals surface area contributed by atoms with E-state index in [1.807, 2.05) is 17.0 Å². The molecule has 0 unspecified atom stereocenters. The Morgan fingerprint density at radius 3 is 2.34 bits per heavy atom. The Morgan fingerprint density at radius 1 is 1.05 bits per heavy atom. The molecule has 4 atom stereocenters. The minimum absolute atomic E-state index is 0.00423. The second kappa shape index (κ2) is 11.0. The minimum atomic E-state index is -0.621. The summed E-state index contributed by atoms with van der Waals surface area (Å²) in [4.78, 5) is 37.0. The maximum Gasteiger partial charge on any atom is 0.227 e. The zero-order valence-electron chi connectivity index (χ0n) is 23.2. The Hall–Kier alpha value is -3.07. The first kappa shape index (κ1) is 28.0. The monoisotopic (exact) mass is 527 g/mol. The van der Waals surface area contributed by atoms with Crippen LogP contribution in [0.15, 0.2) is 36.5 Å². The van der Waals surface area contributed by atoms with Crippen LogP contribution in [0.1, 0.15) is 51.7 Å². The molecule has 0 spiro atoms. The molecule has 2 saturated heterocycles. The molecule has 2 aliphatic rings. The van der Waals surface area contributed by atoms with E-state index in [9.17, 15) is 18.4 Å². The van der Waals surface area contributed by atoms with E-state index in [1.165, 1.54) is 12.1 Å². The van der Waals surface area contributed by atoms with E-state index in [0.717, 1.165) is 17.4 Å². The van der Waals surface area contributed by atoms with Crippen molar-refractivity contribution in [2.75, 3.05) is 38.1 Å². The molecular formula is C29H39F2N5O2. The van der Waals surface area contributed by atoms with Gasteiger partial charge in [0, 0.05) is 74.6 Å². The van der Waals surface area contributed by atoms with Gasteiger partial charge in [-0.05, 0) is 52.3 Å². The molecule has 38 heavy (non-hydrogen) atoms. The molecule has 7 nitrogen and oxygen atoms in total. The van der Waals surface area contributed by atoms with Crippen LogP contribution in [-0.4, -0.2) is 77.4 Å². The third-order valence-electron chi connectivity index (χ3n) is 7.92. The number of hydrogen-bond donors (Lipinski definition) is 1. The number of rotatable bonds is 5. The van der Waals surface area contributed by atoms with Crippen molar-refractivity contribution in [1.29, 1.82) is 0 Å². The average Bonchev–Trinajstić information content (AvgIpc) is 3.30. The number of pyridine rings is 1. The fraction of sp³-hybridized carbons (Fsp3) is 0.552. The van der Waals surface area contributed by atoms with Crippen LogP contribution in [0.5, 0.6) is 0 Å². The summed E-state index contributed by atoms with van der Waals surface area (Å²) < 4.78 is 28.6. The number of likely N-dealkylation sites (tertiary alicyclic amines) is 1. The van der Waals surface area contributed by atoms with Gasteiger partial charge in [-0.1, -0.05) is 12.1 Å². The van der Waals surface area contributed by atoms with Crippen molar-refractivity contribution >= 4 is 17.6 Å². The summed E-state index contributed by atoms with van der Waals surface area (Å²) in [5, 5.41) is 2.67. The summed E-state index contributed by atoms with van der Waals surface area (Å²) in [6, 6.07) is 7.32. The van der Waals surface area contributed by atoms with Crippen LogP contribution < -0.4 is 10.2 Å². The summed E-state index contributed by atoms with van der Waals surface area (Å²) in [5.74, 6) is -1.35. The lowest BCUT2D eigenvalue weighted by molar-refractivity contribution is -0.137. The summed E-state index contributed by atoms with van der Waals surface area (Å²) in [7, 11) is 1.61. The predicted octanol–water partition coefficient (Wildman–Crippen LogP) is 3.59. The predicted molar refractivity (Wildman–Crippen MR) is 144 cm³/mol. The molecule has 1 aromatic heterocycles. The van der Waals surface area contributed by atoms with Crippen molar-refractivity contribution in [1.82, 2.24) is 20.1 Å². The van der Waals surface area contributed by atoms with Gasteiger partial charge in [0.2, 0.25) is 11.8 Å². The van der Waals surface area contributed by atoms with Crippen LogP contribution in [-0.2, 0) is 16.0 Å². The first-order chi connectivity index (χ1) is 17.9. The van der Waals surface area contributed by atoms with Crippen LogP contribution in [0.2, 0.25) is 0 Å². The fourth-order valence-corrected chi connectivity index (χ4v) is 5.94. The number of carbonyl (C=O) groups excluding carboxylic acids is 2. The van der Waals surface area contributed by atoms with Gasteiger partial charge in [-0.2, -0.15) is 0 Å². The molecule has 2 aliphatic heterocycles. The molecule has 1 aromatic carbocycles. The SMILES string of the molecule is CNC(=O)Cc1cccnc1N1[C@H](C)CN(C(=O)[C@H]2CN(C(C)(C)C)C[C@@H]2c2ccc(F)cc2F)C[C@@H]1C. The molecule has 9 heteroatoms. The Morgan fingerprint density at radius 2 is 1.74 bits per heavy atom. The number of carbonyl (C=O) groups is 2. The molecule has 0 aliphatic carbocycles. The molecule has 2 aromatic rings. The van der Waals surface area contributed by atoms with Crippen LogP contribution in [0.25, 0.3) is 0 Å². The van der Waals surface area contributed by atoms with Gasteiger partial charge < -0.3 is 15.1 Å². The first-order valence-corrected chi connectivity index (χ1v) is 13.3. The summed E-state index contributed by atoms with van der Waals surface area (Å²) in [5.41, 5.74) is 1.04. The molecule has 1 N–H and O–H groups in total. The number of amides is 2. The smallest absolute Gasteiger partial charge is 0.227 e. The van der Waals surface area contributed by atoms with Crippen LogP contribution >= 0.6 is 0 Å². The number of aromatic nitrogens is 1. The number of anilines is 1. The third-order valence-corrected chi connectivity index (χ3v) is 7.92. The van der Waals surface area contributed by atoms with Crippen LogP contribution in [0.3, 0.4) is 0 Å². The molecule has 2 amide bonds. The van der Waals surface area contributed by atoms with E-state index in [1.54, 1.807) is 13.2 Å². The molecular weight excluding hydrogens is 488 g/mol. The molecule has 0 saturated carbocycles. The number of likely N-dealkylation sites (N-methyl/N-ethyl adjacent to an activating group) is 1. The van der Waals surface area contributed by atoms with Crippen LogP contribution in [0, 0.1) is 17.6 Å². The van der Waals surface area contributed by atoms with Gasteiger partial charge >= 0.3 is 0 Å². The zero-order valence-corrected chi connectivity index (χ0v) is 23.2. The highest BCUT2D eigenvalue weighted by Crippen LogP contribution is 2.39. The lowest BCUT2D eigenvalue weighted by Crippen LogP contribution is -2.60. The van der Waals surface area contributed by atoms with Crippen molar-refractivity contribution < 1.29 is 18.4 Å². The van der Waals surface area contributed by atoms with Gasteiger partial charge in [-0.3, -0.25) is 14.5 Å². The molecule has 3 heterocycles. The fourth-order valence-electron chi connectivity index (χ4n) is 5.94. The summed E-state index contributed by atoms with van der Waals surface area (Å²) in [6.07, 6.45) is 1.95. The maximum atomic E-state index is 14.9. The summed E-state index contributed by atoms with van der Waals surface area (Å²) >= 11 is 0. The van der Waals surface area contributed by atoms with Crippen molar-refractivity contribution in [2.45, 2.75) is 64.6 Å². The second-order valence-corrected chi connectivity index (χ2v) is 11.6. The lowest BCUT2D eigenvalue weighted by atomic mass is 9.87. The average molecular weight is 528 g/mol. The standard InChI is InChI=1S/C29H39F2N5O2/c1-18-14-34(15-19(2)36(18)27-20(8-7-11-33-27)12-26(37)32-6)28(38)24-17-35(29(3,4)5)16-23(24)22-10-9-21(30)13-25(22)31/h7-11,13,18-19,23-24H,12,14-17H2,1-6H3,(H,32,37)/t18-,19+,23-,24+/m1/s1. The van der Waals surface area contributed by atoms with E-state index in [4.69, 9.17) is 0 Å². The topological polar surface area (TPSA) is 68.8 Å². The van der Waals surface area contributed by atoms with Crippen molar-refractivity contribution in [3.63, 3.8) is 0 Å². The Balaban J connectivity index is 1.58. The number of hydrogen-bond acceptors (Lipinski definition) is 5. The van der Waals surface area contributed by atoms with Crippen molar-refractivity contribution in [3.8, 4) is 0 Å². The molecule has 206 valence electrons. The highest BCUT2D eigenvalue weighted by atomic mass is 19.1. The number of piperazine rings is 1. The molecule has 0 bridgehead atoms. The van der Waals surface area contributed by atoms with Crippen molar-refractivity contribution in [3.05, 3.63) is 59.3 Å². The second-order valence-electron chi connectivity index (χ2n) is 11.6. The normalized spacial score (nSPS) is 24.5. The van der Waals surface area contributed by atoms with E-state index in [0.29, 0.717) is 31.7 Å². The lowest BCUT2D eigenvalue weighted by Gasteiger charge is -2.46. The number of halogens is 2. The zero-order chi connectivity index (χ0) is 27.8. The Bertz CT molecular complexity index is 1170. The van der Waals surface area contributed by atoms with Gasteiger partial charge in [0.1, 0.15) is 17.5 Å². The van der Waals surface area contributed by atoms with Crippen molar-refractivity contribution in [2.24, 2.45) is 5.92 Å².